The predicted octanol–water partition coefficient (Wildman–Crippen LogP) is 1.07. The molecule has 0 bridgehead atoms. The Morgan fingerprint density at radius 2 is 1.54 bits per heavy atom. The van der Waals surface area contributed by atoms with Crippen LogP contribution in [0.25, 0.3) is 0 Å². The minimum atomic E-state index is -2.00. The number of hydrogen-bond acceptors (Lipinski definition) is 15. The molecule has 3 heterocycles. The van der Waals surface area contributed by atoms with Crippen LogP contribution in [0.5, 0.6) is 0 Å². The monoisotopic (exact) mass is 748 g/mol. The molecule has 0 aromatic rings. The second-order valence-corrected chi connectivity index (χ2v) is 16.4. The van der Waals surface area contributed by atoms with Crippen molar-refractivity contribution in [3.05, 3.63) is 0 Å². The van der Waals surface area contributed by atoms with Gasteiger partial charge in [-0.2, -0.15) is 0 Å². The molecule has 0 aliphatic carbocycles. The number of hydrogen-bond donors (Lipinski definition) is 6. The maximum atomic E-state index is 14.1. The quantitative estimate of drug-likeness (QED) is 0.151. The summed E-state index contributed by atoms with van der Waals surface area (Å²) in [6.45, 7) is 16.4. The average Bonchev–Trinajstić information content (AvgIpc) is 3.08. The molecule has 3 saturated heterocycles. The molecule has 0 saturated carbocycles. The number of likely N-dealkylation sites (N-methyl/N-ethyl adjacent to an activating group) is 1. The Bertz CT molecular complexity index is 1190. The van der Waals surface area contributed by atoms with Gasteiger partial charge in [-0.25, -0.2) is 0 Å². The molecule has 0 amide bonds. The predicted molar refractivity (Wildman–Crippen MR) is 189 cm³/mol. The first-order chi connectivity index (χ1) is 24.0. The number of nitrogens with two attached hydrogens (primary N) is 1. The zero-order valence-corrected chi connectivity index (χ0v) is 33.2. The van der Waals surface area contributed by atoms with Crippen LogP contribution in [0.2, 0.25) is 0 Å². The topological polar surface area (TPSA) is 220 Å². The van der Waals surface area contributed by atoms with Crippen LogP contribution >= 0.6 is 0 Å². The van der Waals surface area contributed by atoms with Crippen molar-refractivity contribution < 1.29 is 63.5 Å². The maximum Gasteiger partial charge on any atom is 0.311 e. The smallest absolute Gasteiger partial charge is 0.311 e. The second-order valence-electron chi connectivity index (χ2n) is 16.4. The molecule has 15 heteroatoms. The second kappa shape index (κ2) is 17.6. The Labute approximate surface area is 309 Å². The summed E-state index contributed by atoms with van der Waals surface area (Å²) in [4.78, 5) is 29.7. The summed E-state index contributed by atoms with van der Waals surface area (Å²) in [6, 6.07) is -0.435. The summed E-state index contributed by atoms with van der Waals surface area (Å²) < 4.78 is 37.1. The lowest BCUT2D eigenvalue weighted by molar-refractivity contribution is -0.318. The molecule has 18 atom stereocenters. The van der Waals surface area contributed by atoms with E-state index in [1.54, 1.807) is 53.5 Å². The van der Waals surface area contributed by atoms with E-state index in [1.165, 1.54) is 27.9 Å². The number of ether oxygens (including phenoxy) is 6. The SMILES string of the molecule is CC[C@H]1OC(=O)[C@H](C)[C@@H](O[C@H]2C[C@@](C)(OC)[C@@H](O)[C@H](C)O2)[C@H](C)[C@@H](O[C@@H]2O[C@H](C)C[C@H](N(C)CN)[C@H]2O)[C@](C)(O)C[C@@H](C)C(=O)[C@H](C)[C@@H](O)[C@]1(C)O. The number of aliphatic hydroxyl groups is 5. The Morgan fingerprint density at radius 3 is 2.10 bits per heavy atom. The largest absolute Gasteiger partial charge is 0.459 e. The summed E-state index contributed by atoms with van der Waals surface area (Å²) in [5, 5.41) is 57.7. The zero-order chi connectivity index (χ0) is 39.7. The molecule has 0 aromatic carbocycles. The highest BCUT2D eigenvalue weighted by atomic mass is 16.7. The highest BCUT2D eigenvalue weighted by Crippen LogP contribution is 2.40. The van der Waals surface area contributed by atoms with Gasteiger partial charge >= 0.3 is 5.97 Å². The first-order valence-corrected chi connectivity index (χ1v) is 18.8. The van der Waals surface area contributed by atoms with Gasteiger partial charge < -0.3 is 59.7 Å². The lowest BCUT2D eigenvalue weighted by atomic mass is 9.74. The molecule has 3 rings (SSSR count). The summed E-state index contributed by atoms with van der Waals surface area (Å²) in [6.07, 6.45) is -10.1. The molecule has 3 fully saturated rings. The Hall–Kier alpha value is -1.34. The number of cyclic esters (lactones) is 1. The minimum absolute atomic E-state index is 0.0822. The van der Waals surface area contributed by atoms with Gasteiger partial charge in [0.25, 0.3) is 0 Å². The van der Waals surface area contributed by atoms with E-state index < -0.39 is 114 Å². The third-order valence-electron chi connectivity index (χ3n) is 12.0. The summed E-state index contributed by atoms with van der Waals surface area (Å²) in [5.74, 6) is -5.07. The van der Waals surface area contributed by atoms with Crippen LogP contribution in [0.15, 0.2) is 0 Å². The molecular weight excluding hydrogens is 680 g/mol. The van der Waals surface area contributed by atoms with Crippen molar-refractivity contribution in [2.45, 2.75) is 179 Å². The highest BCUT2D eigenvalue weighted by molar-refractivity contribution is 5.83. The number of aliphatic hydroxyl groups excluding tert-OH is 3. The molecule has 52 heavy (non-hydrogen) atoms. The van der Waals surface area contributed by atoms with Gasteiger partial charge in [0.2, 0.25) is 0 Å². The number of esters is 1. The fraction of sp³-hybridized carbons (Fsp3) is 0.946. The molecule has 0 spiro atoms. The molecular formula is C37H68N2O13. The van der Waals surface area contributed by atoms with Crippen LogP contribution in [0.1, 0.15) is 94.9 Å². The number of ketones is 1. The van der Waals surface area contributed by atoms with Crippen molar-refractivity contribution in [1.82, 2.24) is 4.90 Å². The number of carbonyl (C=O) groups excluding carboxylic acids is 2. The van der Waals surface area contributed by atoms with E-state index in [0.717, 1.165) is 0 Å². The van der Waals surface area contributed by atoms with Crippen molar-refractivity contribution in [3.63, 3.8) is 0 Å². The normalized spacial score (nSPS) is 49.0. The van der Waals surface area contributed by atoms with Crippen LogP contribution < -0.4 is 5.73 Å². The molecule has 0 aromatic heterocycles. The maximum absolute atomic E-state index is 14.1. The molecule has 3 aliphatic heterocycles. The van der Waals surface area contributed by atoms with E-state index in [0.29, 0.717) is 6.42 Å². The third kappa shape index (κ3) is 9.54. The third-order valence-corrected chi connectivity index (χ3v) is 12.0. The molecule has 304 valence electrons. The summed E-state index contributed by atoms with van der Waals surface area (Å²) in [5.41, 5.74) is 1.04. The standard InChI is InChI=1S/C37H68N2O13/c1-13-25-37(10,46)30(42)20(4)27(40)18(2)15-35(8,45)32(52-34-28(41)24(39(11)17-38)14-19(3)48-34)21(5)29(22(6)33(44)50-25)51-26-16-36(9,47-12)31(43)23(7)49-26/h18-26,28-32,34,41-43,45-46H,13-17,38H2,1-12H3/t18-,19-,20+,21+,22-,23+,24+,25-,26+,28-,29+,30-,31+,32-,34+,35-,36-,37-/m1/s1. The van der Waals surface area contributed by atoms with E-state index in [4.69, 9.17) is 34.2 Å². The van der Waals surface area contributed by atoms with E-state index in [9.17, 15) is 35.1 Å². The van der Waals surface area contributed by atoms with E-state index in [-0.39, 0.29) is 32.0 Å². The van der Waals surface area contributed by atoms with Gasteiger partial charge in [0.1, 0.15) is 29.7 Å². The molecule has 15 nitrogen and oxygen atoms in total. The highest BCUT2D eigenvalue weighted by Gasteiger charge is 2.53. The van der Waals surface area contributed by atoms with Gasteiger partial charge in [-0.3, -0.25) is 14.5 Å². The lowest BCUT2D eigenvalue weighted by Crippen LogP contribution is -2.61. The Morgan fingerprint density at radius 1 is 0.923 bits per heavy atom. The minimum Gasteiger partial charge on any atom is -0.459 e. The number of carbonyl (C=O) groups is 2. The van der Waals surface area contributed by atoms with E-state index in [2.05, 4.69) is 0 Å². The fourth-order valence-corrected chi connectivity index (χ4v) is 8.47. The summed E-state index contributed by atoms with van der Waals surface area (Å²) in [7, 11) is 3.25. The van der Waals surface area contributed by atoms with Gasteiger partial charge in [-0.15, -0.1) is 0 Å². The summed E-state index contributed by atoms with van der Waals surface area (Å²) >= 11 is 0. The number of Topliss-reactive ketones (excluding diaryl/α,β-unsaturated/α-hetero) is 1. The first-order valence-electron chi connectivity index (χ1n) is 18.8. The van der Waals surface area contributed by atoms with Crippen molar-refractivity contribution >= 4 is 11.8 Å². The number of methoxy groups -OCH3 is 1. The Kier molecular flexibility index (Phi) is 15.3. The van der Waals surface area contributed by atoms with Crippen molar-refractivity contribution in [2.75, 3.05) is 20.8 Å². The molecule has 0 radical (unpaired) electrons. The van der Waals surface area contributed by atoms with Crippen LogP contribution in [0.3, 0.4) is 0 Å². The number of nitrogens with zero attached hydrogens (tertiary/aromatic N) is 1. The fourth-order valence-electron chi connectivity index (χ4n) is 8.47. The van der Waals surface area contributed by atoms with Crippen LogP contribution in [0.4, 0.5) is 0 Å². The van der Waals surface area contributed by atoms with Crippen molar-refractivity contribution in [1.29, 1.82) is 0 Å². The van der Waals surface area contributed by atoms with Crippen LogP contribution in [0, 0.1) is 23.7 Å². The van der Waals surface area contributed by atoms with Gasteiger partial charge in [0.05, 0.1) is 47.6 Å². The van der Waals surface area contributed by atoms with Crippen LogP contribution in [-0.4, -0.2) is 147 Å². The first kappa shape index (κ1) is 45.1. The van der Waals surface area contributed by atoms with Crippen LogP contribution in [-0.2, 0) is 38.0 Å². The molecule has 7 N–H and O–H groups in total. The van der Waals surface area contributed by atoms with Gasteiger partial charge in [0.15, 0.2) is 12.6 Å². The average molecular weight is 749 g/mol. The zero-order valence-electron chi connectivity index (χ0n) is 33.2. The Balaban J connectivity index is 2.19. The van der Waals surface area contributed by atoms with E-state index >= 15 is 0 Å². The number of rotatable bonds is 8. The molecule has 3 aliphatic rings. The molecule has 0 unspecified atom stereocenters. The lowest BCUT2D eigenvalue weighted by Gasteiger charge is -2.49. The van der Waals surface area contributed by atoms with Crippen molar-refractivity contribution in [3.8, 4) is 0 Å². The van der Waals surface area contributed by atoms with E-state index in [1.807, 2.05) is 6.92 Å². The van der Waals surface area contributed by atoms with Gasteiger partial charge in [-0.1, -0.05) is 27.7 Å². The van der Waals surface area contributed by atoms with Crippen molar-refractivity contribution in [2.24, 2.45) is 29.4 Å². The van der Waals surface area contributed by atoms with Gasteiger partial charge in [-0.05, 0) is 67.9 Å². The van der Waals surface area contributed by atoms with Gasteiger partial charge in [0, 0.05) is 44.0 Å².